The van der Waals surface area contributed by atoms with Gasteiger partial charge in [0.1, 0.15) is 5.76 Å². The van der Waals surface area contributed by atoms with E-state index < -0.39 is 5.97 Å². The molecule has 0 aliphatic rings. The molecule has 0 fully saturated rings. The van der Waals surface area contributed by atoms with Crippen molar-refractivity contribution in [3.8, 4) is 0 Å². The normalized spacial score (nSPS) is 10.2. The van der Waals surface area contributed by atoms with Crippen LogP contribution in [0.25, 0.3) is 0 Å². The van der Waals surface area contributed by atoms with Crippen LogP contribution in [-0.2, 0) is 12.3 Å². The van der Waals surface area contributed by atoms with Crippen LogP contribution >= 0.6 is 11.6 Å². The van der Waals surface area contributed by atoms with Gasteiger partial charge in [-0.3, -0.25) is 0 Å². The maximum absolute atomic E-state index is 10.6. The minimum Gasteiger partial charge on any atom is -0.475 e. The monoisotopic (exact) mass is 188 g/mol. The molecule has 1 heterocycles. The van der Waals surface area contributed by atoms with E-state index in [0.717, 1.165) is 0 Å². The predicted molar refractivity (Wildman–Crippen MR) is 44.6 cm³/mol. The first-order valence-electron chi connectivity index (χ1n) is 3.59. The van der Waals surface area contributed by atoms with Gasteiger partial charge in [0.25, 0.3) is 0 Å². The quantitative estimate of drug-likeness (QED) is 0.741. The van der Waals surface area contributed by atoms with E-state index in [2.05, 4.69) is 0 Å². The molecule has 0 atom stereocenters. The maximum Gasteiger partial charge on any atom is 0.372 e. The summed E-state index contributed by atoms with van der Waals surface area (Å²) in [6.45, 7) is 1.87. The molecule has 0 bridgehead atoms. The van der Waals surface area contributed by atoms with Gasteiger partial charge in [0, 0.05) is 5.56 Å². The maximum atomic E-state index is 10.6. The fourth-order valence-corrected chi connectivity index (χ4v) is 1.13. The molecule has 0 saturated heterocycles. The Bertz CT molecular complexity index is 290. The van der Waals surface area contributed by atoms with Crippen LogP contribution in [0, 0.1) is 0 Å². The molecular formula is C8H9ClO3. The molecule has 4 heteroatoms. The highest BCUT2D eigenvalue weighted by Gasteiger charge is 2.15. The van der Waals surface area contributed by atoms with Crippen molar-refractivity contribution in [3.05, 3.63) is 23.2 Å². The average Bonchev–Trinajstić information content (AvgIpc) is 2.47. The zero-order chi connectivity index (χ0) is 9.14. The molecule has 3 nitrogen and oxygen atoms in total. The lowest BCUT2D eigenvalue weighted by Crippen LogP contribution is -1.97. The third-order valence-corrected chi connectivity index (χ3v) is 1.83. The highest BCUT2D eigenvalue weighted by atomic mass is 35.5. The Hall–Kier alpha value is -0.960. The van der Waals surface area contributed by atoms with E-state index in [-0.39, 0.29) is 11.6 Å². The molecule has 66 valence electrons. The van der Waals surface area contributed by atoms with E-state index in [0.29, 0.717) is 17.7 Å². The number of aryl methyl sites for hydroxylation is 1. The molecule has 1 aromatic rings. The first-order chi connectivity index (χ1) is 5.69. The molecule has 0 saturated carbocycles. The second-order valence-corrected chi connectivity index (χ2v) is 2.63. The third-order valence-electron chi connectivity index (χ3n) is 1.57. The van der Waals surface area contributed by atoms with Crippen molar-refractivity contribution in [3.63, 3.8) is 0 Å². The van der Waals surface area contributed by atoms with Crippen molar-refractivity contribution in [1.29, 1.82) is 0 Å². The molecule has 0 unspecified atom stereocenters. The van der Waals surface area contributed by atoms with Crippen molar-refractivity contribution < 1.29 is 14.3 Å². The van der Waals surface area contributed by atoms with E-state index in [9.17, 15) is 4.79 Å². The van der Waals surface area contributed by atoms with Crippen molar-refractivity contribution >= 4 is 17.6 Å². The van der Waals surface area contributed by atoms with Crippen molar-refractivity contribution in [2.75, 3.05) is 0 Å². The Kier molecular flexibility index (Phi) is 2.76. The zero-order valence-corrected chi connectivity index (χ0v) is 7.39. The van der Waals surface area contributed by atoms with Gasteiger partial charge < -0.3 is 9.52 Å². The first kappa shape index (κ1) is 9.13. The molecule has 0 aromatic carbocycles. The highest BCUT2D eigenvalue weighted by Crippen LogP contribution is 2.17. The Morgan fingerprint density at radius 2 is 2.42 bits per heavy atom. The second kappa shape index (κ2) is 3.63. The van der Waals surface area contributed by atoms with Gasteiger partial charge in [-0.05, 0) is 12.5 Å². The Labute approximate surface area is 74.9 Å². The SMILES string of the molecule is CCc1cc(CCl)oc1C(=O)O. The summed E-state index contributed by atoms with van der Waals surface area (Å²) in [6.07, 6.45) is 0.641. The van der Waals surface area contributed by atoms with Gasteiger partial charge in [-0.15, -0.1) is 11.6 Å². The van der Waals surface area contributed by atoms with Crippen LogP contribution in [0.15, 0.2) is 10.5 Å². The molecule has 0 aliphatic heterocycles. The fourth-order valence-electron chi connectivity index (χ4n) is 0.995. The van der Waals surface area contributed by atoms with Crippen molar-refractivity contribution in [1.82, 2.24) is 0 Å². The number of carboxylic acids is 1. The molecule has 0 amide bonds. The summed E-state index contributed by atoms with van der Waals surface area (Å²) in [4.78, 5) is 10.6. The lowest BCUT2D eigenvalue weighted by Gasteiger charge is -1.90. The topological polar surface area (TPSA) is 50.4 Å². The van der Waals surface area contributed by atoms with E-state index >= 15 is 0 Å². The van der Waals surface area contributed by atoms with Gasteiger partial charge in [-0.1, -0.05) is 6.92 Å². The van der Waals surface area contributed by atoms with E-state index in [1.54, 1.807) is 6.07 Å². The number of hydrogen-bond donors (Lipinski definition) is 1. The van der Waals surface area contributed by atoms with E-state index in [4.69, 9.17) is 21.1 Å². The van der Waals surface area contributed by atoms with Crippen LogP contribution in [0.2, 0.25) is 0 Å². The summed E-state index contributed by atoms with van der Waals surface area (Å²) in [5.41, 5.74) is 0.693. The second-order valence-electron chi connectivity index (χ2n) is 2.36. The lowest BCUT2D eigenvalue weighted by atomic mass is 10.2. The number of rotatable bonds is 3. The van der Waals surface area contributed by atoms with Gasteiger partial charge in [-0.2, -0.15) is 0 Å². The minimum absolute atomic E-state index is 0.00755. The molecular weight excluding hydrogens is 180 g/mol. The van der Waals surface area contributed by atoms with Crippen LogP contribution in [0.1, 0.15) is 28.8 Å². The summed E-state index contributed by atoms with van der Waals surface area (Å²) in [7, 11) is 0. The summed E-state index contributed by atoms with van der Waals surface area (Å²) >= 11 is 5.49. The highest BCUT2D eigenvalue weighted by molar-refractivity contribution is 6.16. The Morgan fingerprint density at radius 1 is 1.75 bits per heavy atom. The molecule has 12 heavy (non-hydrogen) atoms. The fraction of sp³-hybridized carbons (Fsp3) is 0.375. The number of alkyl halides is 1. The van der Waals surface area contributed by atoms with Crippen LogP contribution < -0.4 is 0 Å². The van der Waals surface area contributed by atoms with Crippen LogP contribution in [0.3, 0.4) is 0 Å². The zero-order valence-electron chi connectivity index (χ0n) is 6.63. The third kappa shape index (κ3) is 1.61. The number of aromatic carboxylic acids is 1. The number of carbonyl (C=O) groups is 1. The molecule has 0 spiro atoms. The minimum atomic E-state index is -1.04. The van der Waals surface area contributed by atoms with Crippen molar-refractivity contribution in [2.45, 2.75) is 19.2 Å². The van der Waals surface area contributed by atoms with Gasteiger partial charge in [0.05, 0.1) is 5.88 Å². The lowest BCUT2D eigenvalue weighted by molar-refractivity contribution is 0.0659. The number of hydrogen-bond acceptors (Lipinski definition) is 2. The Balaban J connectivity index is 3.08. The molecule has 1 N–H and O–H groups in total. The van der Waals surface area contributed by atoms with Crippen LogP contribution in [0.4, 0.5) is 0 Å². The average molecular weight is 189 g/mol. The van der Waals surface area contributed by atoms with Gasteiger partial charge in [-0.25, -0.2) is 4.79 Å². The van der Waals surface area contributed by atoms with Crippen LogP contribution in [0.5, 0.6) is 0 Å². The summed E-state index contributed by atoms with van der Waals surface area (Å²) < 4.78 is 4.98. The van der Waals surface area contributed by atoms with Crippen LogP contribution in [-0.4, -0.2) is 11.1 Å². The molecule has 0 radical (unpaired) electrons. The Morgan fingerprint density at radius 3 is 2.75 bits per heavy atom. The van der Waals surface area contributed by atoms with Crippen molar-refractivity contribution in [2.24, 2.45) is 0 Å². The van der Waals surface area contributed by atoms with E-state index in [1.165, 1.54) is 0 Å². The predicted octanol–water partition coefficient (Wildman–Crippen LogP) is 2.28. The van der Waals surface area contributed by atoms with Gasteiger partial charge in [0.2, 0.25) is 5.76 Å². The molecule has 1 rings (SSSR count). The summed E-state index contributed by atoms with van der Waals surface area (Å²) in [5.74, 6) is -0.317. The molecule has 0 aliphatic carbocycles. The summed E-state index contributed by atoms with van der Waals surface area (Å²) in [5, 5.41) is 8.67. The first-order valence-corrected chi connectivity index (χ1v) is 4.13. The standard InChI is InChI=1S/C8H9ClO3/c1-2-5-3-6(4-9)12-7(5)8(10)11/h3H,2,4H2,1H3,(H,10,11). The molecule has 1 aromatic heterocycles. The largest absolute Gasteiger partial charge is 0.475 e. The number of carboxylic acid groups (broad SMARTS) is 1. The summed E-state index contributed by atoms with van der Waals surface area (Å²) in [6, 6.07) is 1.68. The number of halogens is 1. The number of furan rings is 1. The van der Waals surface area contributed by atoms with E-state index in [1.807, 2.05) is 6.92 Å². The smallest absolute Gasteiger partial charge is 0.372 e. The van der Waals surface area contributed by atoms with Gasteiger partial charge >= 0.3 is 5.97 Å². The van der Waals surface area contributed by atoms with Gasteiger partial charge in [0.15, 0.2) is 0 Å².